The second-order valence-electron chi connectivity index (χ2n) is 14.8. The van der Waals surface area contributed by atoms with E-state index in [1.165, 1.54) is 50.5 Å². The Balaban J connectivity index is 1.57. The van der Waals surface area contributed by atoms with E-state index >= 15 is 0 Å². The number of hydrogen-bond acceptors (Lipinski definition) is 2. The fourth-order valence-corrected chi connectivity index (χ4v) is 11.4. The van der Waals surface area contributed by atoms with Crippen molar-refractivity contribution in [2.45, 2.75) is 118 Å². The summed E-state index contributed by atoms with van der Waals surface area (Å²) in [6.07, 6.45) is 10.2. The molecule has 0 saturated heterocycles. The molecular formula is C30H50O2. The third kappa shape index (κ3) is 2.61. The Hall–Kier alpha value is -0.340. The summed E-state index contributed by atoms with van der Waals surface area (Å²) in [6.45, 7) is 21.6. The van der Waals surface area contributed by atoms with Crippen molar-refractivity contribution in [2.24, 2.45) is 56.7 Å². The van der Waals surface area contributed by atoms with Crippen molar-refractivity contribution in [1.82, 2.24) is 0 Å². The van der Waals surface area contributed by atoms with Crippen LogP contribution in [0.4, 0.5) is 0 Å². The molecule has 0 bridgehead atoms. The number of aliphatic hydroxyl groups is 2. The lowest BCUT2D eigenvalue weighted by molar-refractivity contribution is -0.273. The molecule has 0 radical (unpaired) electrons. The molecule has 0 spiro atoms. The van der Waals surface area contributed by atoms with Gasteiger partial charge in [0.25, 0.3) is 0 Å². The maximum absolute atomic E-state index is 11.5. The van der Waals surface area contributed by atoms with Gasteiger partial charge in [0.2, 0.25) is 0 Å². The van der Waals surface area contributed by atoms with Crippen molar-refractivity contribution in [3.8, 4) is 0 Å². The third-order valence-corrected chi connectivity index (χ3v) is 13.6. The van der Waals surface area contributed by atoms with E-state index < -0.39 is 6.10 Å². The zero-order valence-electron chi connectivity index (χ0n) is 22.0. The molecule has 0 aliphatic heterocycles. The second-order valence-corrected chi connectivity index (χ2v) is 14.8. The molecule has 0 aromatic carbocycles. The fraction of sp³-hybridized carbons (Fsp3) is 0.933. The van der Waals surface area contributed by atoms with Crippen molar-refractivity contribution in [1.29, 1.82) is 0 Å². The summed E-state index contributed by atoms with van der Waals surface area (Å²) in [6, 6.07) is 0. The molecule has 0 amide bonds. The molecule has 5 saturated carbocycles. The van der Waals surface area contributed by atoms with Crippen molar-refractivity contribution >= 4 is 0 Å². The topological polar surface area (TPSA) is 40.5 Å². The molecule has 2 heteroatoms. The van der Waals surface area contributed by atoms with Crippen molar-refractivity contribution in [3.05, 3.63) is 12.2 Å². The maximum Gasteiger partial charge on any atom is 0.0624 e. The predicted octanol–water partition coefficient (Wildman–Crippen LogP) is 7.00. The first kappa shape index (κ1) is 23.4. The molecular weight excluding hydrogens is 392 g/mol. The average Bonchev–Trinajstić information content (AvgIpc) is 3.05. The summed E-state index contributed by atoms with van der Waals surface area (Å²) in [5, 5.41) is 22.4. The van der Waals surface area contributed by atoms with Crippen molar-refractivity contribution in [3.63, 3.8) is 0 Å². The minimum atomic E-state index is -0.392. The van der Waals surface area contributed by atoms with E-state index in [1.54, 1.807) is 0 Å². The van der Waals surface area contributed by atoms with Crippen LogP contribution < -0.4 is 0 Å². The van der Waals surface area contributed by atoms with Gasteiger partial charge in [0.05, 0.1) is 12.2 Å². The van der Waals surface area contributed by atoms with E-state index in [0.29, 0.717) is 35.0 Å². The van der Waals surface area contributed by atoms with Crippen LogP contribution >= 0.6 is 0 Å². The van der Waals surface area contributed by atoms with Gasteiger partial charge >= 0.3 is 0 Å². The summed E-state index contributed by atoms with van der Waals surface area (Å²) in [5.41, 5.74) is 2.32. The summed E-state index contributed by atoms with van der Waals surface area (Å²) in [7, 11) is 0. The van der Waals surface area contributed by atoms with Crippen LogP contribution in [0.1, 0.15) is 106 Å². The lowest BCUT2D eigenvalue weighted by Gasteiger charge is -2.73. The highest BCUT2D eigenvalue weighted by Gasteiger charge is 2.71. The molecule has 0 heterocycles. The number of hydrogen-bond donors (Lipinski definition) is 2. The third-order valence-electron chi connectivity index (χ3n) is 13.6. The Morgan fingerprint density at radius 1 is 0.750 bits per heavy atom. The molecule has 5 fully saturated rings. The standard InChI is InChI=1S/C30H50O2/c1-18(2)19-11-13-27(5)15-16-28(6)20(25(19)27)9-10-22-29(28,7)14-12-21-26(3,4)23(31)17-24(32)30(21,22)8/h19-25,31-32H,1,9-17H2,2-8H3/t19?,20-,21-,22-,23?,24?,25+,27-,28-,29-,30+/m1/s1. The van der Waals surface area contributed by atoms with E-state index in [1.807, 2.05) is 0 Å². The van der Waals surface area contributed by atoms with Gasteiger partial charge < -0.3 is 10.2 Å². The molecule has 5 rings (SSSR count). The van der Waals surface area contributed by atoms with Gasteiger partial charge in [0.15, 0.2) is 0 Å². The molecule has 32 heavy (non-hydrogen) atoms. The number of aliphatic hydroxyl groups excluding tert-OH is 2. The Bertz CT molecular complexity index is 801. The first-order valence-electron chi connectivity index (χ1n) is 13.7. The van der Waals surface area contributed by atoms with E-state index in [2.05, 4.69) is 55.0 Å². The van der Waals surface area contributed by atoms with Gasteiger partial charge in [-0.3, -0.25) is 0 Å². The highest BCUT2D eigenvalue weighted by Crippen LogP contribution is 2.77. The van der Waals surface area contributed by atoms with Crippen LogP contribution in [0.15, 0.2) is 12.2 Å². The van der Waals surface area contributed by atoms with Crippen LogP contribution in [-0.4, -0.2) is 22.4 Å². The highest BCUT2D eigenvalue weighted by atomic mass is 16.3. The number of rotatable bonds is 1. The molecule has 11 atom stereocenters. The van der Waals surface area contributed by atoms with E-state index in [-0.39, 0.29) is 22.3 Å². The second kappa shape index (κ2) is 6.87. The van der Waals surface area contributed by atoms with Gasteiger partial charge in [-0.15, -0.1) is 0 Å². The van der Waals surface area contributed by atoms with Crippen LogP contribution in [0.3, 0.4) is 0 Å². The van der Waals surface area contributed by atoms with Gasteiger partial charge in [0.1, 0.15) is 0 Å². The molecule has 182 valence electrons. The zero-order valence-corrected chi connectivity index (χ0v) is 22.0. The molecule has 5 aliphatic rings. The van der Waals surface area contributed by atoms with Gasteiger partial charge in [-0.25, -0.2) is 0 Å². The predicted molar refractivity (Wildman–Crippen MR) is 132 cm³/mol. The molecule has 3 unspecified atom stereocenters. The zero-order chi connectivity index (χ0) is 23.5. The maximum atomic E-state index is 11.5. The van der Waals surface area contributed by atoms with Crippen LogP contribution in [-0.2, 0) is 0 Å². The van der Waals surface area contributed by atoms with Gasteiger partial charge in [-0.05, 0) is 110 Å². The Kier molecular flexibility index (Phi) is 5.02. The molecule has 5 aliphatic carbocycles. The first-order valence-corrected chi connectivity index (χ1v) is 13.7. The smallest absolute Gasteiger partial charge is 0.0624 e. The van der Waals surface area contributed by atoms with Crippen LogP contribution in [0.25, 0.3) is 0 Å². The number of allylic oxidation sites excluding steroid dienone is 1. The molecule has 2 N–H and O–H groups in total. The average molecular weight is 443 g/mol. The van der Waals surface area contributed by atoms with E-state index in [0.717, 1.165) is 18.3 Å². The van der Waals surface area contributed by atoms with E-state index in [9.17, 15) is 10.2 Å². The lowest BCUT2D eigenvalue weighted by atomic mass is 9.32. The summed E-state index contributed by atoms with van der Waals surface area (Å²) in [4.78, 5) is 0. The van der Waals surface area contributed by atoms with E-state index in [4.69, 9.17) is 0 Å². The van der Waals surface area contributed by atoms with Gasteiger partial charge in [-0.1, -0.05) is 53.7 Å². The van der Waals surface area contributed by atoms with Gasteiger partial charge in [-0.2, -0.15) is 0 Å². The highest BCUT2D eigenvalue weighted by molar-refractivity contribution is 5.22. The Labute approximate surface area is 197 Å². The minimum Gasteiger partial charge on any atom is -0.392 e. The van der Waals surface area contributed by atoms with Crippen molar-refractivity contribution < 1.29 is 10.2 Å². The van der Waals surface area contributed by atoms with Crippen LogP contribution in [0.5, 0.6) is 0 Å². The molecule has 2 nitrogen and oxygen atoms in total. The quantitative estimate of drug-likeness (QED) is 0.429. The Morgan fingerprint density at radius 3 is 2.09 bits per heavy atom. The SMILES string of the molecule is C=C(C)C1CC[C@]2(C)CC[C@]3(C)[C@H](CC[C@H]4[C@@]5(C)C(O)CC(O)C(C)(C)[C@H]5CC[C@]43C)[C@H]12. The summed E-state index contributed by atoms with van der Waals surface area (Å²) < 4.78 is 0. The lowest BCUT2D eigenvalue weighted by Crippen LogP contribution is -2.69. The van der Waals surface area contributed by atoms with Crippen LogP contribution in [0, 0.1) is 56.7 Å². The normalized spacial score (nSPS) is 58.8. The summed E-state index contributed by atoms with van der Waals surface area (Å²) in [5.74, 6) is 3.22. The molecule has 0 aromatic heterocycles. The first-order chi connectivity index (χ1) is 14.7. The minimum absolute atomic E-state index is 0.0894. The number of fused-ring (bicyclic) bond motifs is 7. The monoisotopic (exact) mass is 442 g/mol. The summed E-state index contributed by atoms with van der Waals surface area (Å²) >= 11 is 0. The van der Waals surface area contributed by atoms with Crippen molar-refractivity contribution in [2.75, 3.05) is 0 Å². The van der Waals surface area contributed by atoms with Crippen LogP contribution in [0.2, 0.25) is 0 Å². The largest absolute Gasteiger partial charge is 0.392 e. The Morgan fingerprint density at radius 2 is 1.44 bits per heavy atom. The van der Waals surface area contributed by atoms with Gasteiger partial charge in [0, 0.05) is 11.8 Å². The molecule has 0 aromatic rings. The fourth-order valence-electron chi connectivity index (χ4n) is 11.4.